The number of carboxylic acids is 1. The van der Waals surface area contributed by atoms with E-state index in [0.29, 0.717) is 0 Å². The maximum atomic E-state index is 10.5. The number of aliphatic carboxylic acids is 1. The third-order valence-electron chi connectivity index (χ3n) is 1.85. The van der Waals surface area contributed by atoms with Crippen LogP contribution >= 0.6 is 0 Å². The van der Waals surface area contributed by atoms with Crippen LogP contribution in [-0.4, -0.2) is 55.9 Å². The molecular formula is C12H17N9O6. The summed E-state index contributed by atoms with van der Waals surface area (Å²) >= 11 is 0. The molecule has 1 saturated heterocycles. The normalized spacial score (nSPS) is 10.3. The van der Waals surface area contributed by atoms with Crippen LogP contribution in [0.5, 0.6) is 0 Å². The molecule has 0 spiro atoms. The van der Waals surface area contributed by atoms with Crippen molar-refractivity contribution in [3.8, 4) is 12.8 Å². The topological polar surface area (TPSA) is 236 Å². The van der Waals surface area contributed by atoms with Gasteiger partial charge in [0.15, 0.2) is 0 Å². The molecule has 27 heavy (non-hydrogen) atoms. The monoisotopic (exact) mass is 384 g/mol. The van der Waals surface area contributed by atoms with Crippen molar-refractivity contribution in [2.24, 2.45) is 15.3 Å². The first-order valence-corrected chi connectivity index (χ1v) is 6.82. The maximum absolute atomic E-state index is 10.5. The molecule has 0 unspecified atom stereocenters. The number of carbonyl (C=O) groups excluding carboxylic acids is 2. The second-order valence-corrected chi connectivity index (χ2v) is 3.73. The minimum Gasteiger partial charge on any atom is -0.481 e. The van der Waals surface area contributed by atoms with E-state index in [9.17, 15) is 14.4 Å². The second kappa shape index (κ2) is 24.3. The smallest absolute Gasteiger partial charge is 0.319 e. The van der Waals surface area contributed by atoms with Gasteiger partial charge < -0.3 is 14.6 Å². The zero-order valence-corrected chi connectivity index (χ0v) is 14.0. The Balaban J connectivity index is -0.000000346. The summed E-state index contributed by atoms with van der Waals surface area (Å²) in [5.74, 6) is -3.09. The van der Waals surface area contributed by atoms with Crippen molar-refractivity contribution in [2.75, 3.05) is 32.8 Å². The van der Waals surface area contributed by atoms with E-state index in [-0.39, 0.29) is 0 Å². The number of carboxylic acid groups (broad SMARTS) is 1. The van der Waals surface area contributed by atoms with Crippen molar-refractivity contribution in [1.82, 2.24) is 0 Å². The summed E-state index contributed by atoms with van der Waals surface area (Å²) in [6.07, 6.45) is 8.32. The zero-order chi connectivity index (χ0) is 22.0. The third-order valence-corrected chi connectivity index (χ3v) is 1.85. The first-order valence-electron chi connectivity index (χ1n) is 7.32. The van der Waals surface area contributed by atoms with Crippen molar-refractivity contribution < 1.29 is 30.3 Å². The molecule has 0 amide bonds. The van der Waals surface area contributed by atoms with Gasteiger partial charge in [-0.2, -0.15) is 0 Å². The Kier molecular flexibility index (Phi) is 22.8. The number of nitrogens with zero attached hydrogens (tertiary/aromatic N) is 9. The number of terminal acetylenes is 1. The minimum atomic E-state index is -1.11. The predicted octanol–water partition coefficient (Wildman–Crippen LogP) is 2.10. The van der Waals surface area contributed by atoms with Crippen LogP contribution in [0.1, 0.15) is 14.2 Å². The van der Waals surface area contributed by atoms with Crippen LogP contribution < -0.4 is 0 Å². The number of azide groups is 3. The molecule has 15 nitrogen and oxygen atoms in total. The van der Waals surface area contributed by atoms with Gasteiger partial charge in [0.05, 0.1) is 0 Å². The van der Waals surface area contributed by atoms with Crippen LogP contribution in [0.15, 0.2) is 15.3 Å². The van der Waals surface area contributed by atoms with Crippen molar-refractivity contribution in [3.05, 3.63) is 31.3 Å². The lowest BCUT2D eigenvalue weighted by Gasteiger charge is -1.95. The molecule has 0 atom stereocenters. The lowest BCUT2D eigenvalue weighted by atomic mass is 10.4. The maximum Gasteiger partial charge on any atom is 0.319 e. The first kappa shape index (κ1) is 25.3. The van der Waals surface area contributed by atoms with Gasteiger partial charge in [0.25, 0.3) is 0 Å². The number of esters is 2. The fourth-order valence-corrected chi connectivity index (χ4v) is 0.973. The molecule has 1 fully saturated rings. The highest BCUT2D eigenvalue weighted by Gasteiger charge is 2.07. The van der Waals surface area contributed by atoms with Crippen LogP contribution in [0, 0.1) is 12.8 Å². The number of carbonyl (C=O) groups is 3. The highest BCUT2D eigenvalue weighted by Crippen LogP contribution is 1.98. The van der Waals surface area contributed by atoms with Gasteiger partial charge in [-0.05, 0) is 29.4 Å². The van der Waals surface area contributed by atoms with Crippen LogP contribution in [-0.2, 0) is 23.9 Å². The van der Waals surface area contributed by atoms with Gasteiger partial charge in [0.1, 0.15) is 21.0 Å². The average molecular weight is 384 g/mol. The van der Waals surface area contributed by atoms with Crippen LogP contribution in [0.2, 0.25) is 0 Å². The molecule has 0 aromatic carbocycles. The quantitative estimate of drug-likeness (QED) is 0.179. The van der Waals surface area contributed by atoms with Gasteiger partial charge in [-0.3, -0.25) is 14.4 Å². The Bertz CT molecular complexity index is 619. The molecule has 1 aliphatic heterocycles. The van der Waals surface area contributed by atoms with Gasteiger partial charge >= 0.3 is 17.9 Å². The SMILES string of the molecule is C1CCOC1.[2H]C#C.[N-]=[N+]=NCC(=O)O.[N-]=[N+]=NCC(=O)OC(=O)CN=[N+]=[N-]. The average Bonchev–Trinajstić information content (AvgIpc) is 3.24. The van der Waals surface area contributed by atoms with E-state index < -0.39 is 37.5 Å². The van der Waals surface area contributed by atoms with E-state index in [1.165, 1.54) is 19.2 Å². The highest BCUT2D eigenvalue weighted by molar-refractivity contribution is 5.87. The Labute approximate surface area is 154 Å². The van der Waals surface area contributed by atoms with Gasteiger partial charge in [0.2, 0.25) is 0 Å². The Morgan fingerprint density at radius 2 is 1.37 bits per heavy atom. The van der Waals surface area contributed by atoms with Crippen LogP contribution in [0.3, 0.4) is 0 Å². The minimum absolute atomic E-state index is 0.476. The Morgan fingerprint density at radius 3 is 1.59 bits per heavy atom. The molecule has 1 rings (SSSR count). The number of hydrogen-bond donors (Lipinski definition) is 1. The third kappa shape index (κ3) is 30.5. The zero-order valence-electron chi connectivity index (χ0n) is 15.0. The van der Waals surface area contributed by atoms with Crippen molar-refractivity contribution in [1.29, 1.82) is 0 Å². The summed E-state index contributed by atoms with van der Waals surface area (Å²) in [7, 11) is 0. The van der Waals surface area contributed by atoms with E-state index in [1.54, 1.807) is 0 Å². The fourth-order valence-electron chi connectivity index (χ4n) is 0.973. The Hall–Kier alpha value is -3.94. The second-order valence-electron chi connectivity index (χ2n) is 3.73. The molecule has 0 aromatic heterocycles. The van der Waals surface area contributed by atoms with Crippen LogP contribution in [0.25, 0.3) is 31.3 Å². The lowest BCUT2D eigenvalue weighted by molar-refractivity contribution is -0.157. The lowest BCUT2D eigenvalue weighted by Crippen LogP contribution is -2.16. The summed E-state index contributed by atoms with van der Waals surface area (Å²) in [6.45, 7) is 0.382. The molecule has 1 heterocycles. The molecule has 146 valence electrons. The highest BCUT2D eigenvalue weighted by atomic mass is 16.6. The van der Waals surface area contributed by atoms with E-state index in [4.69, 9.17) is 27.8 Å². The number of hydrogen-bond acceptors (Lipinski definition) is 8. The summed E-state index contributed by atoms with van der Waals surface area (Å²) in [5, 5.41) is 16.2. The fraction of sp³-hybridized carbons (Fsp3) is 0.583. The summed E-state index contributed by atoms with van der Waals surface area (Å²) in [5.41, 5.74) is 23.1. The predicted molar refractivity (Wildman–Crippen MR) is 90.7 cm³/mol. The van der Waals surface area contributed by atoms with Crippen LogP contribution in [0.4, 0.5) is 0 Å². The number of ether oxygens (including phenoxy) is 2. The van der Waals surface area contributed by atoms with Crippen molar-refractivity contribution >= 4 is 17.9 Å². The van der Waals surface area contributed by atoms with Gasteiger partial charge in [-0.25, -0.2) is 0 Å². The van der Waals surface area contributed by atoms with E-state index in [0.717, 1.165) is 13.2 Å². The molecule has 15 heteroatoms. The summed E-state index contributed by atoms with van der Waals surface area (Å²) in [6, 6.07) is 0. The summed E-state index contributed by atoms with van der Waals surface area (Å²) in [4.78, 5) is 37.3. The molecule has 1 N–H and O–H groups in total. The summed E-state index contributed by atoms with van der Waals surface area (Å²) < 4.78 is 14.7. The largest absolute Gasteiger partial charge is 0.481 e. The van der Waals surface area contributed by atoms with E-state index in [1.807, 2.05) is 0 Å². The van der Waals surface area contributed by atoms with E-state index >= 15 is 0 Å². The molecule has 0 bridgehead atoms. The van der Waals surface area contributed by atoms with Gasteiger partial charge in [0, 0.05) is 27.9 Å². The molecule has 0 radical (unpaired) electrons. The molecule has 0 saturated carbocycles. The van der Waals surface area contributed by atoms with Crippen molar-refractivity contribution in [2.45, 2.75) is 12.8 Å². The first-order chi connectivity index (χ1) is 13.4. The molecule has 0 aliphatic carbocycles. The molecule has 1 aliphatic rings. The van der Waals surface area contributed by atoms with Gasteiger partial charge in [-0.1, -0.05) is 15.3 Å². The van der Waals surface area contributed by atoms with Gasteiger partial charge in [-0.15, -0.1) is 12.8 Å². The Morgan fingerprint density at radius 1 is 1.00 bits per heavy atom. The van der Waals surface area contributed by atoms with E-state index in [2.05, 4.69) is 41.2 Å². The standard InChI is InChI=1S/C4H4N6O3.C4H8O.C2H3N3O2.C2H2/c5-9-7-1-3(11)13-4(12)2-8-10-6;1-2-4-5-3-1;3-5-4-1-2(6)7;1-2/h1-2H2;1-4H2;1H2,(H,6,7);1-2H/i;;;1D. The van der Waals surface area contributed by atoms with Crippen molar-refractivity contribution in [3.63, 3.8) is 0 Å². The molecular weight excluding hydrogens is 366 g/mol. The molecule has 0 aromatic rings. The number of rotatable bonds is 6.